The van der Waals surface area contributed by atoms with E-state index in [1.165, 1.54) is 18.3 Å². The fourth-order valence-electron chi connectivity index (χ4n) is 3.00. The van der Waals surface area contributed by atoms with Gasteiger partial charge in [0.1, 0.15) is 11.6 Å². The van der Waals surface area contributed by atoms with Crippen molar-refractivity contribution in [1.82, 2.24) is 20.9 Å². The van der Waals surface area contributed by atoms with Crippen LogP contribution in [0.25, 0.3) is 0 Å². The highest BCUT2D eigenvalue weighted by molar-refractivity contribution is 6.30. The molecule has 3 N–H and O–H groups in total. The molecular formula is C20H21Cl2FN4O3. The van der Waals surface area contributed by atoms with Gasteiger partial charge < -0.3 is 20.7 Å². The molecule has 0 aliphatic carbocycles. The van der Waals surface area contributed by atoms with Crippen LogP contribution in [0, 0.1) is 5.82 Å². The Morgan fingerprint density at radius 1 is 1.23 bits per heavy atom. The van der Waals surface area contributed by atoms with Crippen molar-refractivity contribution in [2.24, 2.45) is 0 Å². The molecule has 2 amide bonds. The lowest BCUT2D eigenvalue weighted by Gasteiger charge is -2.29. The van der Waals surface area contributed by atoms with Crippen molar-refractivity contribution in [1.29, 1.82) is 0 Å². The van der Waals surface area contributed by atoms with Crippen molar-refractivity contribution in [3.05, 3.63) is 58.1 Å². The Balaban J connectivity index is 1.36. The van der Waals surface area contributed by atoms with Gasteiger partial charge in [0.2, 0.25) is 5.91 Å². The minimum atomic E-state index is -0.609. The molecule has 1 fully saturated rings. The molecule has 1 aliphatic rings. The second kappa shape index (κ2) is 10.6. The first-order chi connectivity index (χ1) is 14.4. The highest BCUT2D eigenvalue weighted by Gasteiger charge is 2.26. The van der Waals surface area contributed by atoms with E-state index in [0.717, 1.165) is 6.07 Å². The number of piperidine rings is 1. The predicted molar refractivity (Wildman–Crippen MR) is 111 cm³/mol. The van der Waals surface area contributed by atoms with Crippen LogP contribution in [0.5, 0.6) is 5.75 Å². The zero-order chi connectivity index (χ0) is 21.5. The SMILES string of the molecule is O=C(COc1ccc(Cl)c(F)c1)NC1CCC(C(=O)NCc2ccc(Cl)cn2)NC1. The molecule has 1 aromatic carbocycles. The van der Waals surface area contributed by atoms with E-state index in [9.17, 15) is 14.0 Å². The van der Waals surface area contributed by atoms with Gasteiger partial charge in [0, 0.05) is 24.8 Å². The average molecular weight is 455 g/mol. The van der Waals surface area contributed by atoms with Crippen LogP contribution in [-0.2, 0) is 16.1 Å². The zero-order valence-electron chi connectivity index (χ0n) is 16.0. The summed E-state index contributed by atoms with van der Waals surface area (Å²) in [5, 5.41) is 9.34. The van der Waals surface area contributed by atoms with E-state index in [4.69, 9.17) is 27.9 Å². The van der Waals surface area contributed by atoms with E-state index in [1.807, 2.05) is 0 Å². The number of pyridine rings is 1. The topological polar surface area (TPSA) is 92.3 Å². The standard InChI is InChI=1S/C20H21Cl2FN4O3/c21-12-1-2-13(24-8-12)9-26-20(29)18-6-3-14(10-25-18)27-19(28)11-30-15-4-5-16(22)17(23)7-15/h1-2,4-5,7-8,14,18,25H,3,6,9-11H2,(H,26,29)(H,27,28). The normalized spacial score (nSPS) is 18.5. The lowest BCUT2D eigenvalue weighted by atomic mass is 10.00. The molecule has 1 saturated heterocycles. The number of halogens is 3. The van der Waals surface area contributed by atoms with Crippen LogP contribution in [0.4, 0.5) is 4.39 Å². The van der Waals surface area contributed by atoms with E-state index in [2.05, 4.69) is 20.9 Å². The van der Waals surface area contributed by atoms with E-state index in [1.54, 1.807) is 12.1 Å². The monoisotopic (exact) mass is 454 g/mol. The molecule has 10 heteroatoms. The van der Waals surface area contributed by atoms with Crippen LogP contribution >= 0.6 is 23.2 Å². The molecule has 0 saturated carbocycles. The Morgan fingerprint density at radius 2 is 2.07 bits per heavy atom. The number of hydrogen-bond acceptors (Lipinski definition) is 5. The fourth-order valence-corrected chi connectivity index (χ4v) is 3.23. The van der Waals surface area contributed by atoms with E-state index >= 15 is 0 Å². The van der Waals surface area contributed by atoms with Crippen LogP contribution in [0.3, 0.4) is 0 Å². The fraction of sp³-hybridized carbons (Fsp3) is 0.350. The van der Waals surface area contributed by atoms with Crippen molar-refractivity contribution in [3.63, 3.8) is 0 Å². The van der Waals surface area contributed by atoms with Crippen LogP contribution < -0.4 is 20.7 Å². The van der Waals surface area contributed by atoms with Crippen molar-refractivity contribution in [2.75, 3.05) is 13.2 Å². The van der Waals surface area contributed by atoms with Gasteiger partial charge in [-0.3, -0.25) is 14.6 Å². The summed E-state index contributed by atoms with van der Waals surface area (Å²) in [6.07, 6.45) is 2.75. The van der Waals surface area contributed by atoms with Crippen molar-refractivity contribution in [2.45, 2.75) is 31.5 Å². The highest BCUT2D eigenvalue weighted by Crippen LogP contribution is 2.20. The lowest BCUT2D eigenvalue weighted by Crippen LogP contribution is -2.54. The minimum absolute atomic E-state index is 0.0110. The van der Waals surface area contributed by atoms with Crippen LogP contribution in [-0.4, -0.2) is 42.0 Å². The Hall–Kier alpha value is -2.42. The Labute approximate surface area is 183 Å². The average Bonchev–Trinajstić information content (AvgIpc) is 2.74. The summed E-state index contributed by atoms with van der Waals surface area (Å²) < 4.78 is 18.7. The summed E-state index contributed by atoms with van der Waals surface area (Å²) in [5.41, 5.74) is 0.717. The maximum atomic E-state index is 13.4. The number of benzene rings is 1. The first kappa shape index (κ1) is 22.3. The summed E-state index contributed by atoms with van der Waals surface area (Å²) in [5.74, 6) is -0.832. The van der Waals surface area contributed by atoms with Gasteiger partial charge in [-0.25, -0.2) is 4.39 Å². The summed E-state index contributed by atoms with van der Waals surface area (Å²) >= 11 is 11.4. The Kier molecular flexibility index (Phi) is 7.84. The quantitative estimate of drug-likeness (QED) is 0.597. The first-order valence-corrected chi connectivity index (χ1v) is 10.1. The van der Waals surface area contributed by atoms with Crippen molar-refractivity contribution < 1.29 is 18.7 Å². The number of aromatic nitrogens is 1. The van der Waals surface area contributed by atoms with Gasteiger partial charge in [0.05, 0.1) is 28.3 Å². The molecule has 2 atom stereocenters. The summed E-state index contributed by atoms with van der Waals surface area (Å²) in [4.78, 5) is 28.5. The Morgan fingerprint density at radius 3 is 2.73 bits per heavy atom. The van der Waals surface area contributed by atoms with Crippen molar-refractivity contribution >= 4 is 35.0 Å². The maximum Gasteiger partial charge on any atom is 0.258 e. The number of ether oxygens (including phenoxy) is 1. The Bertz CT molecular complexity index is 890. The van der Waals surface area contributed by atoms with Gasteiger partial charge in [-0.05, 0) is 37.1 Å². The molecular weight excluding hydrogens is 434 g/mol. The number of carbonyl (C=O) groups is 2. The molecule has 2 unspecified atom stereocenters. The predicted octanol–water partition coefficient (Wildman–Crippen LogP) is 2.46. The molecule has 0 bridgehead atoms. The van der Waals surface area contributed by atoms with Crippen molar-refractivity contribution in [3.8, 4) is 5.75 Å². The van der Waals surface area contributed by atoms with Gasteiger partial charge in [-0.15, -0.1) is 0 Å². The lowest BCUT2D eigenvalue weighted by molar-refractivity contribution is -0.124. The zero-order valence-corrected chi connectivity index (χ0v) is 17.5. The minimum Gasteiger partial charge on any atom is -0.484 e. The number of carbonyl (C=O) groups excluding carboxylic acids is 2. The molecule has 1 aromatic heterocycles. The number of nitrogens with zero attached hydrogens (tertiary/aromatic N) is 1. The van der Waals surface area contributed by atoms with Crippen LogP contribution in [0.15, 0.2) is 36.5 Å². The second-order valence-corrected chi connectivity index (χ2v) is 7.70. The molecule has 0 radical (unpaired) electrons. The number of rotatable bonds is 7. The molecule has 2 aromatic rings. The molecule has 30 heavy (non-hydrogen) atoms. The molecule has 160 valence electrons. The third-order valence-electron chi connectivity index (χ3n) is 4.59. The largest absolute Gasteiger partial charge is 0.484 e. The highest BCUT2D eigenvalue weighted by atomic mass is 35.5. The van der Waals surface area contributed by atoms with Gasteiger partial charge in [-0.1, -0.05) is 23.2 Å². The summed E-state index contributed by atoms with van der Waals surface area (Å²) in [7, 11) is 0. The van der Waals surface area contributed by atoms with Gasteiger partial charge in [0.25, 0.3) is 5.91 Å². The third-order valence-corrected chi connectivity index (χ3v) is 5.12. The van der Waals surface area contributed by atoms with Gasteiger partial charge >= 0.3 is 0 Å². The molecule has 3 rings (SSSR count). The van der Waals surface area contributed by atoms with Crippen LogP contribution in [0.1, 0.15) is 18.5 Å². The molecule has 7 nitrogen and oxygen atoms in total. The van der Waals surface area contributed by atoms with E-state index < -0.39 is 5.82 Å². The number of nitrogens with one attached hydrogen (secondary N) is 3. The number of amides is 2. The summed E-state index contributed by atoms with van der Waals surface area (Å²) in [6.45, 7) is 0.533. The third kappa shape index (κ3) is 6.55. The van der Waals surface area contributed by atoms with Gasteiger partial charge in [-0.2, -0.15) is 0 Å². The smallest absolute Gasteiger partial charge is 0.258 e. The maximum absolute atomic E-state index is 13.4. The molecule has 2 heterocycles. The summed E-state index contributed by atoms with van der Waals surface area (Å²) in [6, 6.07) is 7.00. The number of hydrogen-bond donors (Lipinski definition) is 3. The van der Waals surface area contributed by atoms with Gasteiger partial charge in [0.15, 0.2) is 6.61 Å². The van der Waals surface area contributed by atoms with Crippen LogP contribution in [0.2, 0.25) is 10.0 Å². The van der Waals surface area contributed by atoms with E-state index in [0.29, 0.717) is 36.6 Å². The molecule has 0 spiro atoms. The molecule has 1 aliphatic heterocycles. The second-order valence-electron chi connectivity index (χ2n) is 6.85. The first-order valence-electron chi connectivity index (χ1n) is 9.39. The van der Waals surface area contributed by atoms with E-state index in [-0.39, 0.29) is 41.3 Å².